The van der Waals surface area contributed by atoms with Gasteiger partial charge in [-0.2, -0.15) is 0 Å². The molecule has 3 heterocycles. The summed E-state index contributed by atoms with van der Waals surface area (Å²) in [7, 11) is 0. The smallest absolute Gasteiger partial charge is 0.317 e. The molecule has 8 nitrogen and oxygen atoms in total. The van der Waals surface area contributed by atoms with Crippen LogP contribution in [0, 0.1) is 0 Å². The minimum Gasteiger partial charge on any atom is -0.491 e. The van der Waals surface area contributed by atoms with Crippen molar-refractivity contribution in [3.8, 4) is 16.2 Å². The fourth-order valence-corrected chi connectivity index (χ4v) is 5.66. The van der Waals surface area contributed by atoms with E-state index < -0.39 is 11.9 Å². The van der Waals surface area contributed by atoms with Crippen molar-refractivity contribution in [3.63, 3.8) is 0 Å². The minimum absolute atomic E-state index is 0.244. The maximum atomic E-state index is 11.9. The normalized spacial score (nSPS) is 17.0. The summed E-state index contributed by atoms with van der Waals surface area (Å²) in [5.41, 5.74) is 13.1. The maximum Gasteiger partial charge on any atom is 0.317 e. The molecular formula is C24H33N5O3S. The number of nitrogens with one attached hydrogen (secondary N) is 1. The molecule has 4 rings (SSSR count). The molecule has 0 unspecified atom stereocenters. The van der Waals surface area contributed by atoms with Gasteiger partial charge in [-0.15, -0.1) is 11.3 Å². The maximum absolute atomic E-state index is 11.9. The van der Waals surface area contributed by atoms with Gasteiger partial charge in [-0.25, -0.2) is 4.79 Å². The number of nitrogens with zero attached hydrogens (tertiary/aromatic N) is 2. The van der Waals surface area contributed by atoms with Crippen molar-refractivity contribution in [1.82, 2.24) is 4.90 Å². The molecular weight excluding hydrogens is 438 g/mol. The number of ether oxygens (including phenoxy) is 1. The van der Waals surface area contributed by atoms with E-state index in [9.17, 15) is 9.59 Å². The van der Waals surface area contributed by atoms with Gasteiger partial charge in [-0.1, -0.05) is 6.42 Å². The van der Waals surface area contributed by atoms with Crippen molar-refractivity contribution >= 4 is 34.0 Å². The molecule has 1 aromatic heterocycles. The summed E-state index contributed by atoms with van der Waals surface area (Å²) in [6, 6.07) is 7.20. The van der Waals surface area contributed by atoms with Crippen molar-refractivity contribution in [2.24, 2.45) is 11.5 Å². The van der Waals surface area contributed by atoms with Crippen molar-refractivity contribution in [2.75, 3.05) is 49.5 Å². The number of carbonyl (C=O) groups excluding carboxylic acids is 2. The Balaban J connectivity index is 1.61. The summed E-state index contributed by atoms with van der Waals surface area (Å²) in [5.74, 6) is 0.164. The Morgan fingerprint density at radius 2 is 1.67 bits per heavy atom. The summed E-state index contributed by atoms with van der Waals surface area (Å²) in [5, 5.41) is 2.87. The lowest BCUT2D eigenvalue weighted by atomic mass is 10.1. The zero-order chi connectivity index (χ0) is 23.2. The predicted octanol–water partition coefficient (Wildman–Crippen LogP) is 3.86. The van der Waals surface area contributed by atoms with Gasteiger partial charge >= 0.3 is 6.03 Å². The van der Waals surface area contributed by atoms with Crippen LogP contribution in [0.4, 0.5) is 15.5 Å². The molecule has 9 heteroatoms. The lowest BCUT2D eigenvalue weighted by molar-refractivity contribution is 0.100. The van der Waals surface area contributed by atoms with Crippen LogP contribution >= 0.6 is 11.3 Å². The number of primary amides is 2. The summed E-state index contributed by atoms with van der Waals surface area (Å²) >= 11 is 1.27. The molecule has 3 amide bonds. The van der Waals surface area contributed by atoms with Gasteiger partial charge < -0.3 is 21.1 Å². The summed E-state index contributed by atoms with van der Waals surface area (Å²) in [4.78, 5) is 29.0. The molecule has 2 fully saturated rings. The standard InChI is InChI=1S/C24H33N5O3S/c25-22(30)19-16-21(33-23(19)27-24(26)31)18-8-7-17(29-11-5-2-6-12-29)15-20(18)32-14-13-28-9-3-1-4-10-28/h7-8,15-16H,1-6,9-14H2,(H2,25,30)(H3,26,27,31). The second kappa shape index (κ2) is 10.9. The van der Waals surface area contributed by atoms with Crippen LogP contribution in [-0.4, -0.2) is 56.2 Å². The first-order chi connectivity index (χ1) is 16.0. The third-order valence-corrected chi connectivity index (χ3v) is 7.38. The first kappa shape index (κ1) is 23.4. The number of rotatable bonds is 8. The first-order valence-electron chi connectivity index (χ1n) is 11.8. The van der Waals surface area contributed by atoms with Gasteiger partial charge in [-0.3, -0.25) is 15.0 Å². The van der Waals surface area contributed by atoms with E-state index in [-0.39, 0.29) is 5.56 Å². The van der Waals surface area contributed by atoms with Crippen molar-refractivity contribution < 1.29 is 14.3 Å². The van der Waals surface area contributed by atoms with Crippen molar-refractivity contribution in [2.45, 2.75) is 38.5 Å². The van der Waals surface area contributed by atoms with Gasteiger partial charge in [0.15, 0.2) is 0 Å². The number of thiophene rings is 1. The Hall–Kier alpha value is -2.78. The van der Waals surface area contributed by atoms with Gasteiger partial charge in [0.05, 0.1) is 5.56 Å². The molecule has 5 N–H and O–H groups in total. The monoisotopic (exact) mass is 471 g/mol. The van der Waals surface area contributed by atoms with E-state index in [0.29, 0.717) is 11.6 Å². The van der Waals surface area contributed by atoms with Crippen LogP contribution in [0.5, 0.6) is 5.75 Å². The van der Waals surface area contributed by atoms with Crippen LogP contribution in [0.1, 0.15) is 48.9 Å². The fourth-order valence-electron chi connectivity index (χ4n) is 4.56. The molecule has 178 valence electrons. The highest BCUT2D eigenvalue weighted by Gasteiger charge is 2.20. The van der Waals surface area contributed by atoms with Crippen LogP contribution in [0.15, 0.2) is 24.3 Å². The number of likely N-dealkylation sites (tertiary alicyclic amines) is 1. The number of nitrogens with two attached hydrogens (primary N) is 2. The van der Waals surface area contributed by atoms with Gasteiger partial charge in [0, 0.05) is 41.8 Å². The van der Waals surface area contributed by atoms with Crippen molar-refractivity contribution in [3.05, 3.63) is 29.8 Å². The summed E-state index contributed by atoms with van der Waals surface area (Å²) in [6.07, 6.45) is 7.47. The second-order valence-corrected chi connectivity index (χ2v) is 9.74. The highest BCUT2D eigenvalue weighted by Crippen LogP contribution is 2.41. The van der Waals surface area contributed by atoms with Crippen molar-refractivity contribution in [1.29, 1.82) is 0 Å². The average Bonchev–Trinajstić information content (AvgIpc) is 3.23. The number of hydrogen-bond donors (Lipinski definition) is 3. The van der Waals surface area contributed by atoms with E-state index in [2.05, 4.69) is 27.2 Å². The minimum atomic E-state index is -0.732. The molecule has 33 heavy (non-hydrogen) atoms. The Morgan fingerprint density at radius 3 is 2.33 bits per heavy atom. The van der Waals surface area contributed by atoms with Gasteiger partial charge in [0.2, 0.25) is 0 Å². The summed E-state index contributed by atoms with van der Waals surface area (Å²) in [6.45, 7) is 5.82. The Labute approximate surface area is 198 Å². The molecule has 2 aromatic rings. The molecule has 2 saturated heterocycles. The SMILES string of the molecule is NC(=O)Nc1sc(-c2ccc(N3CCCCC3)cc2OCCN2CCCCC2)cc1C(N)=O. The molecule has 1 aromatic carbocycles. The second-order valence-electron chi connectivity index (χ2n) is 8.69. The van der Waals surface area contributed by atoms with E-state index in [1.165, 1.54) is 49.9 Å². The topological polar surface area (TPSA) is 114 Å². The molecule has 0 radical (unpaired) electrons. The van der Waals surface area contributed by atoms with Crippen LogP contribution in [0.25, 0.3) is 10.4 Å². The molecule has 0 aliphatic carbocycles. The Bertz CT molecular complexity index is 980. The largest absolute Gasteiger partial charge is 0.491 e. The Kier molecular flexibility index (Phi) is 7.72. The Morgan fingerprint density at radius 1 is 0.970 bits per heavy atom. The van der Waals surface area contributed by atoms with Gasteiger partial charge in [0.1, 0.15) is 17.4 Å². The number of hydrogen-bond acceptors (Lipinski definition) is 6. The highest BCUT2D eigenvalue weighted by molar-refractivity contribution is 7.20. The van der Waals surface area contributed by atoms with E-state index in [1.54, 1.807) is 6.07 Å². The third-order valence-electron chi connectivity index (χ3n) is 6.30. The number of anilines is 2. The molecule has 0 spiro atoms. The van der Waals surface area contributed by atoms with Crippen LogP contribution in [0.2, 0.25) is 0 Å². The van der Waals surface area contributed by atoms with Crippen LogP contribution in [-0.2, 0) is 0 Å². The fraction of sp³-hybridized carbons (Fsp3) is 0.500. The zero-order valence-electron chi connectivity index (χ0n) is 19.0. The lowest BCUT2D eigenvalue weighted by Gasteiger charge is -2.30. The number of urea groups is 1. The molecule has 0 saturated carbocycles. The number of amides is 3. The predicted molar refractivity (Wildman–Crippen MR) is 133 cm³/mol. The third kappa shape index (κ3) is 5.97. The number of benzene rings is 1. The molecule has 0 atom stereocenters. The van der Waals surface area contributed by atoms with Gasteiger partial charge in [0.25, 0.3) is 5.91 Å². The number of piperidine rings is 2. The molecule has 2 aliphatic rings. The van der Waals surface area contributed by atoms with E-state index in [4.69, 9.17) is 16.2 Å². The quantitative estimate of drug-likeness (QED) is 0.541. The first-order valence-corrected chi connectivity index (χ1v) is 12.6. The zero-order valence-corrected chi connectivity index (χ0v) is 19.8. The van der Waals surface area contributed by atoms with Crippen LogP contribution in [0.3, 0.4) is 0 Å². The highest BCUT2D eigenvalue weighted by atomic mass is 32.1. The van der Waals surface area contributed by atoms with Crippen LogP contribution < -0.4 is 26.4 Å². The summed E-state index contributed by atoms with van der Waals surface area (Å²) < 4.78 is 6.33. The lowest BCUT2D eigenvalue weighted by Crippen LogP contribution is -2.33. The average molecular weight is 472 g/mol. The van der Waals surface area contributed by atoms with Gasteiger partial charge in [-0.05, 0) is 63.4 Å². The molecule has 0 bridgehead atoms. The number of carbonyl (C=O) groups is 2. The van der Waals surface area contributed by atoms with E-state index >= 15 is 0 Å². The molecule has 2 aliphatic heterocycles. The van der Waals surface area contributed by atoms with E-state index in [1.807, 2.05) is 6.07 Å². The van der Waals surface area contributed by atoms with E-state index in [0.717, 1.165) is 54.6 Å².